The largest absolute Gasteiger partial charge is 0.462 e. The standard InChI is InChI=1S/C45H76O2/c1-7-8-9-10-11-12-13-14-15-16-17-18-19-20-21-25-43(46)47-38-30-32-44(5)37(34-38)26-27-39-41-29-28-40(36(4)24-22-23-35(2)3)45(41,6)33-31-42(39)44/h11-12,14-15,26,35-36,38-42H,7-10,13,16-25,27-34H2,1-6H3/b12-11-,15-14-/t36-,38+,39+,40-,41+,42+,44+,45-/m1/s1/i38+1. The predicted octanol–water partition coefficient (Wildman–Crippen LogP) is 13.8. The highest BCUT2D eigenvalue weighted by molar-refractivity contribution is 5.69. The summed E-state index contributed by atoms with van der Waals surface area (Å²) in [6, 6.07) is 0. The summed E-state index contributed by atoms with van der Waals surface area (Å²) < 4.78 is 6.12. The van der Waals surface area contributed by atoms with Crippen molar-refractivity contribution in [2.24, 2.45) is 46.3 Å². The molecule has 47 heavy (non-hydrogen) atoms. The average molecular weight is 650 g/mol. The van der Waals surface area contributed by atoms with Gasteiger partial charge in [-0.2, -0.15) is 0 Å². The number of unbranched alkanes of at least 4 members (excludes halogenated alkanes) is 8. The topological polar surface area (TPSA) is 26.3 Å². The Morgan fingerprint density at radius 1 is 0.830 bits per heavy atom. The molecule has 0 N–H and O–H groups in total. The first-order valence-electron chi connectivity index (χ1n) is 20.9. The van der Waals surface area contributed by atoms with Crippen molar-refractivity contribution < 1.29 is 9.53 Å². The number of hydrogen-bond acceptors (Lipinski definition) is 2. The highest BCUT2D eigenvalue weighted by Crippen LogP contribution is 2.67. The van der Waals surface area contributed by atoms with Gasteiger partial charge in [-0.05, 0) is 130 Å². The van der Waals surface area contributed by atoms with Gasteiger partial charge in [0.05, 0.1) is 0 Å². The first-order chi connectivity index (χ1) is 22.7. The first-order valence-corrected chi connectivity index (χ1v) is 20.9. The molecule has 0 aromatic carbocycles. The molecule has 2 nitrogen and oxygen atoms in total. The van der Waals surface area contributed by atoms with Crippen LogP contribution in [-0.2, 0) is 9.53 Å². The van der Waals surface area contributed by atoms with Crippen LogP contribution < -0.4 is 0 Å². The minimum absolute atomic E-state index is 0.0477. The molecule has 0 amide bonds. The van der Waals surface area contributed by atoms with Crippen LogP contribution >= 0.6 is 0 Å². The van der Waals surface area contributed by atoms with Gasteiger partial charge in [-0.1, -0.05) is 129 Å². The zero-order valence-electron chi connectivity index (χ0n) is 32.0. The number of esters is 1. The zero-order valence-corrected chi connectivity index (χ0v) is 32.0. The predicted molar refractivity (Wildman–Crippen MR) is 202 cm³/mol. The molecule has 0 aromatic rings. The van der Waals surface area contributed by atoms with Gasteiger partial charge in [0.2, 0.25) is 0 Å². The van der Waals surface area contributed by atoms with Crippen molar-refractivity contribution in [1.29, 1.82) is 0 Å². The Morgan fingerprint density at radius 3 is 2.30 bits per heavy atom. The van der Waals surface area contributed by atoms with Gasteiger partial charge in [-0.25, -0.2) is 0 Å². The third kappa shape index (κ3) is 10.6. The molecule has 0 spiro atoms. The van der Waals surface area contributed by atoms with Crippen LogP contribution in [0.15, 0.2) is 36.0 Å². The van der Waals surface area contributed by atoms with Gasteiger partial charge >= 0.3 is 5.97 Å². The number of hydrogen-bond donors (Lipinski definition) is 0. The Bertz CT molecular complexity index is 1020. The van der Waals surface area contributed by atoms with Crippen LogP contribution in [0.2, 0.25) is 0 Å². The molecule has 4 aliphatic carbocycles. The lowest BCUT2D eigenvalue weighted by molar-refractivity contribution is -0.151. The van der Waals surface area contributed by atoms with Crippen LogP contribution in [0.25, 0.3) is 0 Å². The van der Waals surface area contributed by atoms with Crippen molar-refractivity contribution in [2.45, 2.75) is 195 Å². The smallest absolute Gasteiger partial charge is 0.306 e. The van der Waals surface area contributed by atoms with Crippen LogP contribution in [0.4, 0.5) is 0 Å². The van der Waals surface area contributed by atoms with Crippen LogP contribution in [0.1, 0.15) is 189 Å². The monoisotopic (exact) mass is 650 g/mol. The van der Waals surface area contributed by atoms with Crippen LogP contribution in [0, 0.1) is 46.3 Å². The van der Waals surface area contributed by atoms with Crippen molar-refractivity contribution in [1.82, 2.24) is 0 Å². The number of carbonyl (C=O) groups excluding carboxylic acids is 1. The molecule has 0 heterocycles. The summed E-state index contributed by atoms with van der Waals surface area (Å²) in [6.07, 6.45) is 40.5. The lowest BCUT2D eigenvalue weighted by Crippen LogP contribution is -2.51. The molecular formula is C45H76O2. The second kappa shape index (κ2) is 19.2. The molecule has 0 aliphatic heterocycles. The fraction of sp³-hybridized carbons (Fsp3) is 0.844. The number of ether oxygens (including phenoxy) is 1. The van der Waals surface area contributed by atoms with E-state index < -0.39 is 0 Å². The molecule has 268 valence electrons. The Hall–Kier alpha value is -1.31. The van der Waals surface area contributed by atoms with E-state index in [0.29, 0.717) is 17.3 Å². The molecule has 0 saturated heterocycles. The summed E-state index contributed by atoms with van der Waals surface area (Å²) >= 11 is 0. The van der Waals surface area contributed by atoms with E-state index in [2.05, 4.69) is 71.9 Å². The lowest BCUT2D eigenvalue weighted by atomic mass is 9.47. The number of fused-ring (bicyclic) bond motifs is 5. The maximum absolute atomic E-state index is 12.8. The van der Waals surface area contributed by atoms with Crippen LogP contribution in [0.5, 0.6) is 0 Å². The molecular weight excluding hydrogens is 573 g/mol. The zero-order chi connectivity index (χ0) is 33.7. The van der Waals surface area contributed by atoms with Crippen molar-refractivity contribution in [3.05, 3.63) is 36.0 Å². The van der Waals surface area contributed by atoms with E-state index in [1.165, 1.54) is 109 Å². The Balaban J connectivity index is 1.13. The third-order valence-electron chi connectivity index (χ3n) is 13.9. The summed E-state index contributed by atoms with van der Waals surface area (Å²) in [5.41, 5.74) is 2.52. The maximum Gasteiger partial charge on any atom is 0.306 e. The van der Waals surface area contributed by atoms with Gasteiger partial charge in [-0.3, -0.25) is 4.79 Å². The van der Waals surface area contributed by atoms with E-state index in [-0.39, 0.29) is 12.1 Å². The van der Waals surface area contributed by atoms with E-state index in [4.69, 9.17) is 4.74 Å². The fourth-order valence-corrected chi connectivity index (χ4v) is 11.1. The molecule has 8 atom stereocenters. The summed E-state index contributed by atoms with van der Waals surface area (Å²) in [4.78, 5) is 12.8. The second-order valence-electron chi connectivity index (χ2n) is 17.6. The number of rotatable bonds is 20. The minimum Gasteiger partial charge on any atom is -0.462 e. The molecule has 0 bridgehead atoms. The molecule has 2 heteroatoms. The summed E-state index contributed by atoms with van der Waals surface area (Å²) in [5.74, 6) is 5.30. The van der Waals surface area contributed by atoms with Gasteiger partial charge in [-0.15, -0.1) is 0 Å². The van der Waals surface area contributed by atoms with Crippen LogP contribution in [-0.4, -0.2) is 12.1 Å². The van der Waals surface area contributed by atoms with Crippen LogP contribution in [0.3, 0.4) is 0 Å². The first kappa shape index (κ1) is 38.5. The van der Waals surface area contributed by atoms with Crippen molar-refractivity contribution in [3.8, 4) is 0 Å². The van der Waals surface area contributed by atoms with E-state index >= 15 is 0 Å². The summed E-state index contributed by atoms with van der Waals surface area (Å²) in [6.45, 7) is 14.9. The van der Waals surface area contributed by atoms with Gasteiger partial charge in [0.25, 0.3) is 0 Å². The summed E-state index contributed by atoms with van der Waals surface area (Å²) in [5, 5.41) is 0. The molecule has 0 aromatic heterocycles. The fourth-order valence-electron chi connectivity index (χ4n) is 11.1. The van der Waals surface area contributed by atoms with Gasteiger partial charge in [0.1, 0.15) is 6.10 Å². The molecule has 4 rings (SSSR count). The molecule has 4 aliphatic rings. The van der Waals surface area contributed by atoms with Gasteiger partial charge < -0.3 is 4.74 Å². The average Bonchev–Trinajstić information content (AvgIpc) is 3.40. The number of carbonyl (C=O) groups is 1. The SMILES string of the molecule is CCCCC/C=C\C/C=C\CCCCCCCC(=O)O[13C@H]1CC[C@@]2(C)C(=CC[C@H]3[C@@H]4CC[C@H]([C@H](C)CCCC(C)C)[C@@]4(C)CC[C@@H]32)C1. The lowest BCUT2D eigenvalue weighted by Gasteiger charge is -2.58. The summed E-state index contributed by atoms with van der Waals surface area (Å²) in [7, 11) is 0. The highest BCUT2D eigenvalue weighted by Gasteiger charge is 2.59. The van der Waals surface area contributed by atoms with Gasteiger partial charge in [0, 0.05) is 12.8 Å². The highest BCUT2D eigenvalue weighted by atomic mass is 16.6. The number of allylic oxidation sites excluding steroid dienone is 5. The van der Waals surface area contributed by atoms with E-state index in [1.807, 2.05) is 0 Å². The van der Waals surface area contributed by atoms with Crippen molar-refractivity contribution in [2.75, 3.05) is 0 Å². The molecule has 3 saturated carbocycles. The maximum atomic E-state index is 12.8. The van der Waals surface area contributed by atoms with E-state index in [9.17, 15) is 4.79 Å². The Kier molecular flexibility index (Phi) is 15.7. The quantitative estimate of drug-likeness (QED) is 0.0568. The van der Waals surface area contributed by atoms with Crippen molar-refractivity contribution >= 4 is 5.97 Å². The Labute approximate surface area is 292 Å². The third-order valence-corrected chi connectivity index (χ3v) is 13.9. The molecule has 0 radical (unpaired) electrons. The molecule has 3 fully saturated rings. The minimum atomic E-state index is 0.0477. The van der Waals surface area contributed by atoms with Crippen molar-refractivity contribution in [3.63, 3.8) is 0 Å². The van der Waals surface area contributed by atoms with Gasteiger partial charge in [0.15, 0.2) is 0 Å². The normalized spacial score (nSPS) is 32.7. The second-order valence-corrected chi connectivity index (χ2v) is 17.6. The molecule has 0 unspecified atom stereocenters. The van der Waals surface area contributed by atoms with E-state index in [0.717, 1.165) is 67.6 Å². The van der Waals surface area contributed by atoms with E-state index in [1.54, 1.807) is 5.57 Å². The Morgan fingerprint density at radius 2 is 1.55 bits per heavy atom.